The van der Waals surface area contributed by atoms with Crippen LogP contribution < -0.4 is 16.0 Å². The minimum atomic E-state index is -0.768. The van der Waals surface area contributed by atoms with Gasteiger partial charge in [-0.05, 0) is 62.4 Å². The molecule has 0 spiro atoms. The molecular formula is C25H25ClN4O4S. The number of rotatable bonds is 7. The van der Waals surface area contributed by atoms with E-state index in [1.54, 1.807) is 24.3 Å². The van der Waals surface area contributed by atoms with Crippen molar-refractivity contribution >= 4 is 57.2 Å². The summed E-state index contributed by atoms with van der Waals surface area (Å²) in [6, 6.07) is 12.4. The van der Waals surface area contributed by atoms with Crippen molar-refractivity contribution in [2.75, 3.05) is 10.6 Å². The number of carbonyl (C=O) groups excluding carboxylic acids is 2. The van der Waals surface area contributed by atoms with E-state index in [0.29, 0.717) is 57.7 Å². The fourth-order valence-corrected chi connectivity index (χ4v) is 5.02. The molecule has 0 bridgehead atoms. The molecule has 0 atom stereocenters. The van der Waals surface area contributed by atoms with Crippen LogP contribution in [0.2, 0.25) is 5.02 Å². The number of aryl methyl sites for hydroxylation is 1. The minimum absolute atomic E-state index is 0.0310. The first-order valence-corrected chi connectivity index (χ1v) is 12.4. The summed E-state index contributed by atoms with van der Waals surface area (Å²) in [7, 11) is 0. The largest absolute Gasteiger partial charge is 0.481 e. The molecule has 4 N–H and O–H groups in total. The summed E-state index contributed by atoms with van der Waals surface area (Å²) in [4.78, 5) is 41.2. The van der Waals surface area contributed by atoms with E-state index in [1.165, 1.54) is 17.5 Å². The standard InChI is InChI=1S/C25H25ClN4O4S/c1-14-4-2-7-19(26)21(14)30-23(32)20-13-27-25(35-20)29-18-6-3-5-16(12-18)22(31)28-17-10-8-15(9-11-17)24(33)34/h2-7,12-13,15,17H,8-11H2,1H3,(H,27,29)(H,28,31)(H,30,32)(H,33,34). The molecule has 1 saturated carbocycles. The van der Waals surface area contributed by atoms with Gasteiger partial charge in [0.05, 0.1) is 22.8 Å². The van der Waals surface area contributed by atoms with Crippen molar-refractivity contribution in [3.05, 3.63) is 69.7 Å². The Hall–Kier alpha value is -3.43. The molecule has 1 heterocycles. The van der Waals surface area contributed by atoms with E-state index in [4.69, 9.17) is 16.7 Å². The highest BCUT2D eigenvalue weighted by molar-refractivity contribution is 7.17. The van der Waals surface area contributed by atoms with Gasteiger partial charge in [-0.3, -0.25) is 14.4 Å². The summed E-state index contributed by atoms with van der Waals surface area (Å²) in [5, 5.41) is 19.1. The number of hydrogen-bond donors (Lipinski definition) is 4. The molecule has 35 heavy (non-hydrogen) atoms. The lowest BCUT2D eigenvalue weighted by Crippen LogP contribution is -2.38. The van der Waals surface area contributed by atoms with Crippen LogP contribution in [-0.2, 0) is 4.79 Å². The first-order valence-electron chi connectivity index (χ1n) is 11.2. The highest BCUT2D eigenvalue weighted by Crippen LogP contribution is 2.28. The average Bonchev–Trinajstić information content (AvgIpc) is 3.30. The Morgan fingerprint density at radius 1 is 1.06 bits per heavy atom. The summed E-state index contributed by atoms with van der Waals surface area (Å²) in [5.74, 6) is -1.61. The Bertz CT molecular complexity index is 1230. The van der Waals surface area contributed by atoms with Crippen molar-refractivity contribution in [1.29, 1.82) is 0 Å². The number of carboxylic acids is 1. The van der Waals surface area contributed by atoms with E-state index in [-0.39, 0.29) is 23.8 Å². The van der Waals surface area contributed by atoms with E-state index in [1.807, 2.05) is 25.1 Å². The third-order valence-corrected chi connectivity index (χ3v) is 7.20. The number of halogens is 1. The molecule has 0 unspecified atom stereocenters. The van der Waals surface area contributed by atoms with Crippen LogP contribution in [0, 0.1) is 12.8 Å². The van der Waals surface area contributed by atoms with Gasteiger partial charge in [0.25, 0.3) is 11.8 Å². The topological polar surface area (TPSA) is 120 Å². The number of thiazole rings is 1. The second-order valence-corrected chi connectivity index (χ2v) is 9.92. The zero-order valence-electron chi connectivity index (χ0n) is 19.0. The lowest BCUT2D eigenvalue weighted by molar-refractivity contribution is -0.142. The number of aromatic nitrogens is 1. The number of carboxylic acid groups (broad SMARTS) is 1. The molecule has 182 valence electrons. The number of benzene rings is 2. The van der Waals surface area contributed by atoms with Gasteiger partial charge in [0, 0.05) is 17.3 Å². The molecule has 1 fully saturated rings. The monoisotopic (exact) mass is 512 g/mol. The Balaban J connectivity index is 1.36. The zero-order valence-corrected chi connectivity index (χ0v) is 20.6. The van der Waals surface area contributed by atoms with Crippen molar-refractivity contribution in [2.24, 2.45) is 5.92 Å². The van der Waals surface area contributed by atoms with Gasteiger partial charge in [-0.25, -0.2) is 4.98 Å². The van der Waals surface area contributed by atoms with Crippen molar-refractivity contribution < 1.29 is 19.5 Å². The summed E-state index contributed by atoms with van der Waals surface area (Å²) in [6.07, 6.45) is 3.92. The number of aliphatic carboxylic acids is 1. The van der Waals surface area contributed by atoms with Crippen molar-refractivity contribution in [2.45, 2.75) is 38.6 Å². The molecular weight excluding hydrogens is 488 g/mol. The van der Waals surface area contributed by atoms with Gasteiger partial charge in [-0.2, -0.15) is 0 Å². The molecule has 2 amide bonds. The Morgan fingerprint density at radius 2 is 1.80 bits per heavy atom. The lowest BCUT2D eigenvalue weighted by Gasteiger charge is -2.26. The van der Waals surface area contributed by atoms with Gasteiger partial charge in [0.15, 0.2) is 5.13 Å². The fourth-order valence-electron chi connectivity index (χ4n) is 4.02. The van der Waals surface area contributed by atoms with E-state index < -0.39 is 5.97 Å². The molecule has 0 radical (unpaired) electrons. The molecule has 1 aromatic heterocycles. The van der Waals surface area contributed by atoms with Gasteiger partial charge >= 0.3 is 5.97 Å². The number of nitrogens with zero attached hydrogens (tertiary/aromatic N) is 1. The summed E-state index contributed by atoms with van der Waals surface area (Å²) < 4.78 is 0. The minimum Gasteiger partial charge on any atom is -0.481 e. The van der Waals surface area contributed by atoms with Crippen LogP contribution >= 0.6 is 22.9 Å². The molecule has 1 aliphatic rings. The lowest BCUT2D eigenvalue weighted by atomic mass is 9.86. The van der Waals surface area contributed by atoms with Gasteiger partial charge in [-0.1, -0.05) is 41.1 Å². The Kier molecular flexibility index (Phi) is 7.67. The van der Waals surface area contributed by atoms with Gasteiger partial charge in [-0.15, -0.1) is 0 Å². The van der Waals surface area contributed by atoms with Crippen LogP contribution in [0.1, 0.15) is 51.3 Å². The van der Waals surface area contributed by atoms with Gasteiger partial charge < -0.3 is 21.1 Å². The van der Waals surface area contributed by atoms with Gasteiger partial charge in [0.2, 0.25) is 0 Å². The highest BCUT2D eigenvalue weighted by atomic mass is 35.5. The Morgan fingerprint density at radius 3 is 2.51 bits per heavy atom. The molecule has 8 nitrogen and oxygen atoms in total. The fraction of sp³-hybridized carbons (Fsp3) is 0.280. The predicted molar refractivity (Wildman–Crippen MR) is 137 cm³/mol. The van der Waals surface area contributed by atoms with Crippen LogP contribution in [0.15, 0.2) is 48.7 Å². The van der Waals surface area contributed by atoms with Crippen LogP contribution in [0.25, 0.3) is 0 Å². The first-order chi connectivity index (χ1) is 16.8. The quantitative estimate of drug-likeness (QED) is 0.333. The van der Waals surface area contributed by atoms with Crippen molar-refractivity contribution in [1.82, 2.24) is 10.3 Å². The number of amides is 2. The van der Waals surface area contributed by atoms with Crippen LogP contribution in [0.5, 0.6) is 0 Å². The molecule has 10 heteroatoms. The zero-order chi connectivity index (χ0) is 24.9. The Labute approximate surface area is 211 Å². The second-order valence-electron chi connectivity index (χ2n) is 8.48. The van der Waals surface area contributed by atoms with Crippen LogP contribution in [0.3, 0.4) is 0 Å². The maximum Gasteiger partial charge on any atom is 0.306 e. The molecule has 0 saturated heterocycles. The third kappa shape index (κ3) is 6.17. The summed E-state index contributed by atoms with van der Waals surface area (Å²) in [6.45, 7) is 1.87. The van der Waals surface area contributed by atoms with Gasteiger partial charge in [0.1, 0.15) is 4.88 Å². The number of hydrogen-bond acceptors (Lipinski definition) is 6. The predicted octanol–water partition coefficient (Wildman–Crippen LogP) is 5.47. The molecule has 2 aromatic carbocycles. The highest BCUT2D eigenvalue weighted by Gasteiger charge is 2.27. The van der Waals surface area contributed by atoms with E-state index in [9.17, 15) is 14.4 Å². The number of para-hydroxylation sites is 1. The van der Waals surface area contributed by atoms with Crippen molar-refractivity contribution in [3.63, 3.8) is 0 Å². The maximum atomic E-state index is 12.7. The third-order valence-electron chi connectivity index (χ3n) is 5.98. The smallest absolute Gasteiger partial charge is 0.306 e. The normalized spacial score (nSPS) is 17.4. The molecule has 3 aromatic rings. The van der Waals surface area contributed by atoms with E-state index in [2.05, 4.69) is 20.9 Å². The second kappa shape index (κ2) is 10.9. The number of carbonyl (C=O) groups is 3. The van der Waals surface area contributed by atoms with Crippen molar-refractivity contribution in [3.8, 4) is 0 Å². The average molecular weight is 513 g/mol. The molecule has 0 aliphatic heterocycles. The number of anilines is 3. The van der Waals surface area contributed by atoms with Crippen LogP contribution in [0.4, 0.5) is 16.5 Å². The molecule has 1 aliphatic carbocycles. The summed E-state index contributed by atoms with van der Waals surface area (Å²) >= 11 is 7.38. The van der Waals surface area contributed by atoms with E-state index >= 15 is 0 Å². The maximum absolute atomic E-state index is 12.7. The first kappa shape index (κ1) is 24.7. The molecule has 4 rings (SSSR count). The number of nitrogens with one attached hydrogen (secondary N) is 3. The SMILES string of the molecule is Cc1cccc(Cl)c1NC(=O)c1cnc(Nc2cccc(C(=O)NC3CCC(C(=O)O)CC3)c2)s1. The summed E-state index contributed by atoms with van der Waals surface area (Å²) in [5.41, 5.74) is 2.57. The van der Waals surface area contributed by atoms with E-state index in [0.717, 1.165) is 5.56 Å². The van der Waals surface area contributed by atoms with Crippen LogP contribution in [-0.4, -0.2) is 33.9 Å².